The van der Waals surface area contributed by atoms with Crippen molar-refractivity contribution in [3.63, 3.8) is 0 Å². The molecule has 0 aliphatic carbocycles. The van der Waals surface area contributed by atoms with Crippen LogP contribution in [0.15, 0.2) is 18.2 Å². The molecule has 0 fully saturated rings. The zero-order valence-corrected chi connectivity index (χ0v) is 11.2. The molecule has 3 N–H and O–H groups in total. The van der Waals surface area contributed by atoms with Crippen molar-refractivity contribution >= 4 is 17.3 Å². The SMILES string of the molecule is CCOC(=O)c1ccc(N)c(NCCOCC(F)F)c1. The van der Waals surface area contributed by atoms with Gasteiger partial charge in [-0.05, 0) is 25.1 Å². The molecule has 0 aliphatic heterocycles. The number of carbonyl (C=O) groups excluding carboxylic acids is 1. The number of nitrogens with two attached hydrogens (primary N) is 1. The summed E-state index contributed by atoms with van der Waals surface area (Å²) < 4.78 is 33.3. The van der Waals surface area contributed by atoms with Gasteiger partial charge in [-0.15, -0.1) is 0 Å². The highest BCUT2D eigenvalue weighted by molar-refractivity contribution is 5.92. The summed E-state index contributed by atoms with van der Waals surface area (Å²) >= 11 is 0. The van der Waals surface area contributed by atoms with Gasteiger partial charge in [0, 0.05) is 6.54 Å². The first-order chi connectivity index (χ1) is 9.54. The molecule has 1 aromatic rings. The quantitative estimate of drug-likeness (QED) is 0.435. The van der Waals surface area contributed by atoms with Crippen LogP contribution in [0.1, 0.15) is 17.3 Å². The van der Waals surface area contributed by atoms with Gasteiger partial charge in [0.25, 0.3) is 6.43 Å². The highest BCUT2D eigenvalue weighted by Crippen LogP contribution is 2.20. The largest absolute Gasteiger partial charge is 0.462 e. The number of nitrogen functional groups attached to an aromatic ring is 1. The van der Waals surface area contributed by atoms with Gasteiger partial charge >= 0.3 is 5.97 Å². The van der Waals surface area contributed by atoms with Gasteiger partial charge < -0.3 is 20.5 Å². The Morgan fingerprint density at radius 3 is 2.85 bits per heavy atom. The lowest BCUT2D eigenvalue weighted by atomic mass is 10.1. The van der Waals surface area contributed by atoms with Gasteiger partial charge in [-0.1, -0.05) is 0 Å². The van der Waals surface area contributed by atoms with Crippen molar-refractivity contribution in [1.29, 1.82) is 0 Å². The second-order valence-electron chi connectivity index (χ2n) is 3.92. The van der Waals surface area contributed by atoms with Gasteiger partial charge in [0.15, 0.2) is 0 Å². The summed E-state index contributed by atoms with van der Waals surface area (Å²) in [5.74, 6) is -0.440. The number of alkyl halides is 2. The van der Waals surface area contributed by atoms with Crippen LogP contribution >= 0.6 is 0 Å². The first kappa shape index (κ1) is 16.2. The molecule has 7 heteroatoms. The maximum atomic E-state index is 11.8. The molecule has 0 aromatic heterocycles. The second kappa shape index (κ2) is 8.31. The summed E-state index contributed by atoms with van der Waals surface area (Å²) in [7, 11) is 0. The predicted octanol–water partition coefficient (Wildman–Crippen LogP) is 2.14. The number of hydrogen-bond donors (Lipinski definition) is 2. The third-order valence-corrected chi connectivity index (χ3v) is 2.37. The molecule has 0 bridgehead atoms. The van der Waals surface area contributed by atoms with Crippen molar-refractivity contribution in [2.24, 2.45) is 0 Å². The summed E-state index contributed by atoms with van der Waals surface area (Å²) in [5, 5.41) is 2.92. The van der Waals surface area contributed by atoms with Crippen LogP contribution in [-0.4, -0.2) is 38.8 Å². The van der Waals surface area contributed by atoms with E-state index < -0.39 is 19.0 Å². The number of benzene rings is 1. The monoisotopic (exact) mass is 288 g/mol. The van der Waals surface area contributed by atoms with E-state index in [1.807, 2.05) is 0 Å². The minimum absolute atomic E-state index is 0.118. The molecule has 20 heavy (non-hydrogen) atoms. The molecule has 1 rings (SSSR count). The van der Waals surface area contributed by atoms with Gasteiger partial charge in [0.1, 0.15) is 6.61 Å². The predicted molar refractivity (Wildman–Crippen MR) is 72.1 cm³/mol. The topological polar surface area (TPSA) is 73.6 Å². The average molecular weight is 288 g/mol. The average Bonchev–Trinajstić information content (AvgIpc) is 2.40. The number of hydrogen-bond acceptors (Lipinski definition) is 5. The van der Waals surface area contributed by atoms with Gasteiger partial charge in [-0.2, -0.15) is 0 Å². The van der Waals surface area contributed by atoms with E-state index >= 15 is 0 Å². The Kier molecular flexibility index (Phi) is 6.72. The lowest BCUT2D eigenvalue weighted by Crippen LogP contribution is -2.14. The minimum Gasteiger partial charge on any atom is -0.462 e. The van der Waals surface area contributed by atoms with Crippen LogP contribution in [0.25, 0.3) is 0 Å². The van der Waals surface area contributed by atoms with Crippen LogP contribution in [0.4, 0.5) is 20.2 Å². The van der Waals surface area contributed by atoms with Crippen molar-refractivity contribution in [2.75, 3.05) is 37.4 Å². The van der Waals surface area contributed by atoms with Crippen molar-refractivity contribution in [1.82, 2.24) is 0 Å². The van der Waals surface area contributed by atoms with Gasteiger partial charge in [0.2, 0.25) is 0 Å². The first-order valence-corrected chi connectivity index (χ1v) is 6.21. The van der Waals surface area contributed by atoms with Crippen molar-refractivity contribution < 1.29 is 23.0 Å². The number of ether oxygens (including phenoxy) is 2. The molecule has 0 heterocycles. The van der Waals surface area contributed by atoms with E-state index in [0.717, 1.165) is 0 Å². The molecule has 0 saturated carbocycles. The Labute approximate surface area is 116 Å². The maximum Gasteiger partial charge on any atom is 0.338 e. The number of carbonyl (C=O) groups is 1. The Hall–Kier alpha value is -1.89. The molecule has 0 radical (unpaired) electrons. The number of halogens is 2. The lowest BCUT2D eigenvalue weighted by Gasteiger charge is -2.11. The van der Waals surface area contributed by atoms with E-state index in [1.54, 1.807) is 25.1 Å². The fraction of sp³-hybridized carbons (Fsp3) is 0.462. The van der Waals surface area contributed by atoms with Gasteiger partial charge in [-0.25, -0.2) is 13.6 Å². The van der Waals surface area contributed by atoms with Crippen LogP contribution in [0.2, 0.25) is 0 Å². The minimum atomic E-state index is -2.48. The number of anilines is 2. The fourth-order valence-electron chi connectivity index (χ4n) is 1.48. The fourth-order valence-corrected chi connectivity index (χ4v) is 1.48. The van der Waals surface area contributed by atoms with E-state index in [1.165, 1.54) is 0 Å². The summed E-state index contributed by atoms with van der Waals surface area (Å²) in [6, 6.07) is 4.70. The van der Waals surface area contributed by atoms with Gasteiger partial charge in [-0.3, -0.25) is 0 Å². The van der Waals surface area contributed by atoms with Crippen molar-refractivity contribution in [3.8, 4) is 0 Å². The molecule has 0 saturated heterocycles. The van der Waals surface area contributed by atoms with E-state index in [9.17, 15) is 13.6 Å². The number of esters is 1. The molecule has 0 atom stereocenters. The smallest absolute Gasteiger partial charge is 0.338 e. The molecule has 0 amide bonds. The van der Waals surface area contributed by atoms with E-state index in [4.69, 9.17) is 15.2 Å². The van der Waals surface area contributed by atoms with Crippen LogP contribution in [0.5, 0.6) is 0 Å². The maximum absolute atomic E-state index is 11.8. The van der Waals surface area contributed by atoms with Crippen LogP contribution in [0.3, 0.4) is 0 Å². The molecule has 0 unspecified atom stereocenters. The Morgan fingerprint density at radius 1 is 1.45 bits per heavy atom. The molecule has 0 aliphatic rings. The zero-order valence-electron chi connectivity index (χ0n) is 11.2. The van der Waals surface area contributed by atoms with E-state index in [-0.39, 0.29) is 13.2 Å². The van der Waals surface area contributed by atoms with Gasteiger partial charge in [0.05, 0.1) is 30.2 Å². The second-order valence-corrected chi connectivity index (χ2v) is 3.92. The summed E-state index contributed by atoms with van der Waals surface area (Å²) in [6.45, 7) is 1.83. The highest BCUT2D eigenvalue weighted by atomic mass is 19.3. The molecule has 0 spiro atoms. The molecule has 5 nitrogen and oxygen atoms in total. The molecule has 112 valence electrons. The van der Waals surface area contributed by atoms with Crippen LogP contribution in [0, 0.1) is 0 Å². The summed E-state index contributed by atoms with van der Waals surface area (Å²) in [6.07, 6.45) is -2.48. The Morgan fingerprint density at radius 2 is 2.20 bits per heavy atom. The zero-order chi connectivity index (χ0) is 15.0. The number of rotatable bonds is 8. The Balaban J connectivity index is 2.52. The normalized spacial score (nSPS) is 10.6. The third-order valence-electron chi connectivity index (χ3n) is 2.37. The lowest BCUT2D eigenvalue weighted by molar-refractivity contribution is 0.0215. The van der Waals surface area contributed by atoms with Crippen molar-refractivity contribution in [3.05, 3.63) is 23.8 Å². The van der Waals surface area contributed by atoms with E-state index in [0.29, 0.717) is 23.5 Å². The standard InChI is InChI=1S/C13H18F2N2O3/c1-2-20-13(18)9-3-4-10(16)11(7-9)17-5-6-19-8-12(14)15/h3-4,7,12,17H,2,5-6,8,16H2,1H3. The molecule has 1 aromatic carbocycles. The molecular formula is C13H18F2N2O3. The number of nitrogens with one attached hydrogen (secondary N) is 1. The van der Waals surface area contributed by atoms with Crippen LogP contribution in [-0.2, 0) is 9.47 Å². The summed E-state index contributed by atoms with van der Waals surface area (Å²) in [5.41, 5.74) is 7.11. The van der Waals surface area contributed by atoms with E-state index in [2.05, 4.69) is 5.32 Å². The summed E-state index contributed by atoms with van der Waals surface area (Å²) in [4.78, 5) is 11.6. The van der Waals surface area contributed by atoms with Crippen molar-refractivity contribution in [2.45, 2.75) is 13.3 Å². The Bertz CT molecular complexity index is 442. The molecular weight excluding hydrogens is 270 g/mol. The highest BCUT2D eigenvalue weighted by Gasteiger charge is 2.09. The first-order valence-electron chi connectivity index (χ1n) is 6.21. The van der Waals surface area contributed by atoms with Crippen LogP contribution < -0.4 is 11.1 Å². The third kappa shape index (κ3) is 5.40.